The molecular weight excluding hydrogens is 372 g/mol. The normalized spacial score (nSPS) is 19.1. The Morgan fingerprint density at radius 3 is 2.40 bits per heavy atom. The Morgan fingerprint density at radius 1 is 1.07 bits per heavy atom. The number of esters is 1. The van der Waals surface area contributed by atoms with Crippen LogP contribution in [0.4, 0.5) is 0 Å². The van der Waals surface area contributed by atoms with Crippen molar-refractivity contribution in [3.63, 3.8) is 0 Å². The van der Waals surface area contributed by atoms with E-state index >= 15 is 0 Å². The summed E-state index contributed by atoms with van der Waals surface area (Å²) in [6, 6.07) is 15.3. The van der Waals surface area contributed by atoms with Crippen molar-refractivity contribution in [3.8, 4) is 11.1 Å². The molecule has 1 saturated carbocycles. The summed E-state index contributed by atoms with van der Waals surface area (Å²) in [5.41, 5.74) is 5.91. The van der Waals surface area contributed by atoms with Crippen molar-refractivity contribution in [2.75, 3.05) is 6.61 Å². The van der Waals surface area contributed by atoms with Crippen LogP contribution >= 0.6 is 0 Å². The Morgan fingerprint density at radius 2 is 1.77 bits per heavy atom. The lowest BCUT2D eigenvalue weighted by molar-refractivity contribution is -0.148. The van der Waals surface area contributed by atoms with Crippen LogP contribution in [0.2, 0.25) is 0 Å². The van der Waals surface area contributed by atoms with Gasteiger partial charge in [-0.3, -0.25) is 4.79 Å². The predicted octanol–water partition coefficient (Wildman–Crippen LogP) is 6.27. The number of aryl methyl sites for hydroxylation is 1. The second-order valence-corrected chi connectivity index (χ2v) is 9.16. The first-order valence-electron chi connectivity index (χ1n) is 11.5. The van der Waals surface area contributed by atoms with E-state index in [2.05, 4.69) is 49.4 Å². The summed E-state index contributed by atoms with van der Waals surface area (Å²) in [6.45, 7) is 6.52. The standard InChI is InChI=1S/C27H36O3/c1-19(2)27(29)30-18-25-17-21(5-4-16-28)8-15-26(25)24-13-11-23(12-14-24)22-9-6-20(3)7-10-22/h8,11-15,17,19-20,22,28H,4-7,9-10,16,18H2,1-3H3. The van der Waals surface area contributed by atoms with E-state index in [1.807, 2.05) is 13.8 Å². The van der Waals surface area contributed by atoms with E-state index in [4.69, 9.17) is 9.84 Å². The highest BCUT2D eigenvalue weighted by Crippen LogP contribution is 2.36. The minimum absolute atomic E-state index is 0.136. The van der Waals surface area contributed by atoms with Gasteiger partial charge in [0, 0.05) is 6.61 Å². The SMILES string of the molecule is CC1CCC(c2ccc(-c3ccc(CCCO)cc3COC(=O)C(C)C)cc2)CC1. The zero-order valence-corrected chi connectivity index (χ0v) is 18.7. The Balaban J connectivity index is 1.81. The van der Waals surface area contributed by atoms with Crippen molar-refractivity contribution < 1.29 is 14.6 Å². The molecule has 0 aromatic heterocycles. The number of ether oxygens (including phenoxy) is 1. The molecule has 1 aliphatic carbocycles. The topological polar surface area (TPSA) is 46.5 Å². The fraction of sp³-hybridized carbons (Fsp3) is 0.519. The van der Waals surface area contributed by atoms with Gasteiger partial charge < -0.3 is 9.84 Å². The maximum atomic E-state index is 12.0. The number of carbonyl (C=O) groups excluding carboxylic acids is 1. The first kappa shape index (κ1) is 22.6. The Labute approximate surface area is 181 Å². The lowest BCUT2D eigenvalue weighted by atomic mass is 9.79. The Kier molecular flexibility index (Phi) is 8.09. The summed E-state index contributed by atoms with van der Waals surface area (Å²) >= 11 is 0. The van der Waals surface area contributed by atoms with Gasteiger partial charge in [-0.15, -0.1) is 0 Å². The summed E-state index contributed by atoms with van der Waals surface area (Å²) in [4.78, 5) is 12.0. The first-order valence-corrected chi connectivity index (χ1v) is 11.5. The average Bonchev–Trinajstić information content (AvgIpc) is 2.76. The molecule has 0 saturated heterocycles. The molecule has 0 heterocycles. The summed E-state index contributed by atoms with van der Waals surface area (Å²) in [5.74, 6) is 1.23. The third-order valence-electron chi connectivity index (χ3n) is 6.34. The van der Waals surface area contributed by atoms with E-state index in [1.54, 1.807) is 0 Å². The summed E-state index contributed by atoms with van der Waals surface area (Å²) < 4.78 is 5.55. The van der Waals surface area contributed by atoms with Gasteiger partial charge in [0.25, 0.3) is 0 Å². The highest BCUT2D eigenvalue weighted by molar-refractivity contribution is 5.72. The van der Waals surface area contributed by atoms with Crippen LogP contribution < -0.4 is 0 Å². The highest BCUT2D eigenvalue weighted by atomic mass is 16.5. The minimum atomic E-state index is -0.177. The van der Waals surface area contributed by atoms with Crippen LogP contribution in [0.1, 0.15) is 75.5 Å². The van der Waals surface area contributed by atoms with Crippen molar-refractivity contribution in [3.05, 3.63) is 59.2 Å². The molecule has 1 aliphatic rings. The average molecular weight is 409 g/mol. The monoisotopic (exact) mass is 408 g/mol. The number of hydrogen-bond acceptors (Lipinski definition) is 3. The number of hydrogen-bond donors (Lipinski definition) is 1. The molecule has 1 fully saturated rings. The number of carbonyl (C=O) groups is 1. The predicted molar refractivity (Wildman–Crippen MR) is 122 cm³/mol. The molecule has 162 valence electrons. The zero-order valence-electron chi connectivity index (χ0n) is 18.7. The molecular formula is C27H36O3. The highest BCUT2D eigenvalue weighted by Gasteiger charge is 2.20. The summed E-state index contributed by atoms with van der Waals surface area (Å²) in [5, 5.41) is 9.15. The van der Waals surface area contributed by atoms with Gasteiger partial charge in [-0.25, -0.2) is 0 Å². The molecule has 3 nitrogen and oxygen atoms in total. The van der Waals surface area contributed by atoms with Gasteiger partial charge in [0.05, 0.1) is 5.92 Å². The molecule has 0 aliphatic heterocycles. The lowest BCUT2D eigenvalue weighted by Gasteiger charge is -2.26. The zero-order chi connectivity index (χ0) is 21.5. The Hall–Kier alpha value is -2.13. The van der Waals surface area contributed by atoms with Gasteiger partial charge in [0.1, 0.15) is 6.61 Å². The van der Waals surface area contributed by atoms with E-state index in [1.165, 1.54) is 31.2 Å². The number of benzene rings is 2. The quantitative estimate of drug-likeness (QED) is 0.524. The Bertz CT molecular complexity index is 815. The van der Waals surface area contributed by atoms with Crippen LogP contribution in [-0.2, 0) is 22.6 Å². The molecule has 30 heavy (non-hydrogen) atoms. The van der Waals surface area contributed by atoms with Gasteiger partial charge in [-0.1, -0.05) is 76.1 Å². The van der Waals surface area contributed by atoms with Crippen molar-refractivity contribution >= 4 is 5.97 Å². The van der Waals surface area contributed by atoms with Gasteiger partial charge in [-0.2, -0.15) is 0 Å². The fourth-order valence-corrected chi connectivity index (χ4v) is 4.33. The van der Waals surface area contributed by atoms with Gasteiger partial charge >= 0.3 is 5.97 Å². The molecule has 3 rings (SSSR count). The second-order valence-electron chi connectivity index (χ2n) is 9.16. The maximum absolute atomic E-state index is 12.0. The largest absolute Gasteiger partial charge is 0.461 e. The third-order valence-corrected chi connectivity index (χ3v) is 6.34. The van der Waals surface area contributed by atoms with E-state index in [-0.39, 0.29) is 25.1 Å². The molecule has 1 N–H and O–H groups in total. The van der Waals surface area contributed by atoms with Crippen molar-refractivity contribution in [2.24, 2.45) is 11.8 Å². The molecule has 0 atom stereocenters. The van der Waals surface area contributed by atoms with E-state index in [9.17, 15) is 4.79 Å². The first-order chi connectivity index (χ1) is 14.5. The minimum Gasteiger partial charge on any atom is -0.461 e. The lowest BCUT2D eigenvalue weighted by Crippen LogP contribution is -2.12. The molecule has 0 radical (unpaired) electrons. The van der Waals surface area contributed by atoms with Gasteiger partial charge in [0.2, 0.25) is 0 Å². The van der Waals surface area contributed by atoms with Crippen molar-refractivity contribution in [1.82, 2.24) is 0 Å². The smallest absolute Gasteiger partial charge is 0.308 e. The van der Waals surface area contributed by atoms with Gasteiger partial charge in [-0.05, 0) is 65.3 Å². The number of aliphatic hydroxyl groups is 1. The van der Waals surface area contributed by atoms with Crippen LogP contribution in [0.5, 0.6) is 0 Å². The van der Waals surface area contributed by atoms with E-state index in [0.717, 1.165) is 41.0 Å². The van der Waals surface area contributed by atoms with Crippen LogP contribution in [0.3, 0.4) is 0 Å². The molecule has 2 aromatic carbocycles. The molecule has 0 amide bonds. The summed E-state index contributed by atoms with van der Waals surface area (Å²) in [6.07, 6.45) is 6.79. The maximum Gasteiger partial charge on any atom is 0.308 e. The van der Waals surface area contributed by atoms with Crippen molar-refractivity contribution in [2.45, 2.75) is 71.8 Å². The molecule has 0 bridgehead atoms. The van der Waals surface area contributed by atoms with E-state index < -0.39 is 0 Å². The third kappa shape index (κ3) is 5.95. The van der Waals surface area contributed by atoms with E-state index in [0.29, 0.717) is 5.92 Å². The van der Waals surface area contributed by atoms with Crippen LogP contribution in [0.25, 0.3) is 11.1 Å². The summed E-state index contributed by atoms with van der Waals surface area (Å²) in [7, 11) is 0. The number of aliphatic hydroxyl groups excluding tert-OH is 1. The van der Waals surface area contributed by atoms with Gasteiger partial charge in [0.15, 0.2) is 0 Å². The van der Waals surface area contributed by atoms with Crippen LogP contribution in [0, 0.1) is 11.8 Å². The fourth-order valence-electron chi connectivity index (χ4n) is 4.33. The number of rotatable bonds is 8. The molecule has 2 aromatic rings. The molecule has 3 heteroatoms. The van der Waals surface area contributed by atoms with Crippen molar-refractivity contribution in [1.29, 1.82) is 0 Å². The van der Waals surface area contributed by atoms with Crippen LogP contribution in [-0.4, -0.2) is 17.7 Å². The molecule has 0 spiro atoms. The molecule has 0 unspecified atom stereocenters. The second kappa shape index (κ2) is 10.8. The van der Waals surface area contributed by atoms with Crippen LogP contribution in [0.15, 0.2) is 42.5 Å².